The molecule has 1 aliphatic heterocycles. The largest absolute Gasteiger partial charge is 0.243 e. The zero-order chi connectivity index (χ0) is 15.3. The molecule has 1 aliphatic carbocycles. The summed E-state index contributed by atoms with van der Waals surface area (Å²) in [6.45, 7) is 0. The highest BCUT2D eigenvalue weighted by molar-refractivity contribution is 7.92. The Morgan fingerprint density at radius 1 is 1.14 bits per heavy atom. The number of halogens is 1. The molecular weight excluding hydrogens is 317 g/mol. The maximum atomic E-state index is 13.3. The summed E-state index contributed by atoms with van der Waals surface area (Å²) in [5.74, 6) is -0.747. The van der Waals surface area contributed by atoms with Gasteiger partial charge in [-0.25, -0.2) is 21.2 Å². The molecule has 1 saturated heterocycles. The highest BCUT2D eigenvalue weighted by Crippen LogP contribution is 2.36. The van der Waals surface area contributed by atoms with E-state index in [2.05, 4.69) is 0 Å². The normalized spacial score (nSPS) is 25.3. The minimum atomic E-state index is -3.87. The Kier molecular flexibility index (Phi) is 3.58. The van der Waals surface area contributed by atoms with E-state index >= 15 is 0 Å². The molecule has 1 atom stereocenters. The van der Waals surface area contributed by atoms with Crippen molar-refractivity contribution in [3.8, 4) is 0 Å². The summed E-state index contributed by atoms with van der Waals surface area (Å²) in [7, 11) is -7.04. The molecule has 8 heteroatoms. The fourth-order valence-electron chi connectivity index (χ4n) is 2.74. The minimum absolute atomic E-state index is 0.0134. The van der Waals surface area contributed by atoms with Crippen LogP contribution in [0.1, 0.15) is 19.3 Å². The first-order valence-corrected chi connectivity index (χ1v) is 10.1. The molecule has 3 rings (SSSR count). The maximum Gasteiger partial charge on any atom is 0.243 e. The number of hydrogen-bond donors (Lipinski definition) is 0. The summed E-state index contributed by atoms with van der Waals surface area (Å²) < 4.78 is 63.3. The quantitative estimate of drug-likeness (QED) is 0.829. The Bertz CT molecular complexity index is 756. The SMILES string of the molecule is O=S1(=O)CC[C@H](N(C2CC2)S(=O)(=O)c2cccc(F)c2)C1. The Morgan fingerprint density at radius 2 is 1.86 bits per heavy atom. The van der Waals surface area contributed by atoms with Crippen molar-refractivity contribution in [3.05, 3.63) is 30.1 Å². The molecule has 1 aromatic carbocycles. The molecule has 0 aromatic heterocycles. The number of nitrogens with zero attached hydrogens (tertiary/aromatic N) is 1. The average Bonchev–Trinajstić information content (AvgIpc) is 3.14. The van der Waals surface area contributed by atoms with Crippen molar-refractivity contribution in [1.82, 2.24) is 4.31 Å². The second kappa shape index (κ2) is 5.03. The summed E-state index contributed by atoms with van der Waals surface area (Å²) >= 11 is 0. The summed E-state index contributed by atoms with van der Waals surface area (Å²) in [6.07, 6.45) is 1.77. The van der Waals surface area contributed by atoms with Gasteiger partial charge in [-0.05, 0) is 37.5 Å². The number of sulfone groups is 1. The number of benzene rings is 1. The van der Waals surface area contributed by atoms with Crippen LogP contribution in [0.3, 0.4) is 0 Å². The van der Waals surface area contributed by atoms with Gasteiger partial charge in [0.2, 0.25) is 10.0 Å². The van der Waals surface area contributed by atoms with E-state index < -0.39 is 31.7 Å². The summed E-state index contributed by atoms with van der Waals surface area (Å²) in [4.78, 5) is -0.112. The van der Waals surface area contributed by atoms with Crippen molar-refractivity contribution in [3.63, 3.8) is 0 Å². The molecule has 2 aliphatic rings. The van der Waals surface area contributed by atoms with Gasteiger partial charge in [0.1, 0.15) is 5.82 Å². The van der Waals surface area contributed by atoms with E-state index in [1.54, 1.807) is 0 Å². The van der Waals surface area contributed by atoms with Crippen LogP contribution in [0.15, 0.2) is 29.2 Å². The van der Waals surface area contributed by atoms with E-state index in [9.17, 15) is 21.2 Å². The lowest BCUT2D eigenvalue weighted by atomic mass is 10.2. The average molecular weight is 333 g/mol. The van der Waals surface area contributed by atoms with Crippen LogP contribution in [-0.4, -0.2) is 44.7 Å². The van der Waals surface area contributed by atoms with Gasteiger partial charge in [-0.1, -0.05) is 6.07 Å². The lowest BCUT2D eigenvalue weighted by Crippen LogP contribution is -2.42. The van der Waals surface area contributed by atoms with Gasteiger partial charge in [-0.3, -0.25) is 0 Å². The smallest absolute Gasteiger partial charge is 0.229 e. The summed E-state index contributed by atoms with van der Waals surface area (Å²) in [5.41, 5.74) is 0. The van der Waals surface area contributed by atoms with Gasteiger partial charge in [0, 0.05) is 12.1 Å². The number of sulfonamides is 1. The molecule has 1 aromatic rings. The molecule has 1 saturated carbocycles. The third kappa shape index (κ3) is 2.97. The first-order chi connectivity index (χ1) is 9.79. The monoisotopic (exact) mass is 333 g/mol. The van der Waals surface area contributed by atoms with Crippen LogP contribution in [0.4, 0.5) is 4.39 Å². The molecule has 0 spiro atoms. The van der Waals surface area contributed by atoms with E-state index in [1.807, 2.05) is 0 Å². The van der Waals surface area contributed by atoms with Crippen LogP contribution in [0.5, 0.6) is 0 Å². The van der Waals surface area contributed by atoms with E-state index in [-0.39, 0.29) is 22.4 Å². The molecule has 2 fully saturated rings. The highest BCUT2D eigenvalue weighted by atomic mass is 32.2. The summed E-state index contributed by atoms with van der Waals surface area (Å²) in [6, 6.07) is 4.16. The Morgan fingerprint density at radius 3 is 2.38 bits per heavy atom. The van der Waals surface area contributed by atoms with Crippen molar-refractivity contribution < 1.29 is 21.2 Å². The lowest BCUT2D eigenvalue weighted by molar-refractivity contribution is 0.332. The molecule has 0 radical (unpaired) electrons. The Hall–Kier alpha value is -0.990. The molecular formula is C13H16FNO4S2. The van der Waals surface area contributed by atoms with E-state index in [0.717, 1.165) is 18.9 Å². The van der Waals surface area contributed by atoms with Crippen LogP contribution < -0.4 is 0 Å². The van der Waals surface area contributed by atoms with E-state index in [0.29, 0.717) is 6.42 Å². The van der Waals surface area contributed by atoms with Gasteiger partial charge in [-0.2, -0.15) is 4.31 Å². The predicted molar refractivity (Wildman–Crippen MR) is 75.5 cm³/mol. The molecule has 5 nitrogen and oxygen atoms in total. The van der Waals surface area contributed by atoms with Crippen molar-refractivity contribution in [2.75, 3.05) is 11.5 Å². The first kappa shape index (κ1) is 14.9. The molecule has 1 heterocycles. The van der Waals surface area contributed by atoms with Crippen molar-refractivity contribution in [2.24, 2.45) is 0 Å². The Labute approximate surface area is 123 Å². The van der Waals surface area contributed by atoms with Gasteiger partial charge < -0.3 is 0 Å². The summed E-state index contributed by atoms with van der Waals surface area (Å²) in [5, 5.41) is 0. The molecule has 21 heavy (non-hydrogen) atoms. The molecule has 0 N–H and O–H groups in total. The highest BCUT2D eigenvalue weighted by Gasteiger charge is 2.46. The maximum absolute atomic E-state index is 13.3. The van der Waals surface area contributed by atoms with Gasteiger partial charge >= 0.3 is 0 Å². The molecule has 0 unspecified atom stereocenters. The van der Waals surface area contributed by atoms with Crippen LogP contribution in [0.2, 0.25) is 0 Å². The third-order valence-electron chi connectivity index (χ3n) is 3.85. The number of rotatable bonds is 4. The molecule has 116 valence electrons. The zero-order valence-electron chi connectivity index (χ0n) is 11.3. The second-order valence-corrected chi connectivity index (χ2v) is 9.65. The first-order valence-electron chi connectivity index (χ1n) is 6.79. The Balaban J connectivity index is 1.98. The fourth-order valence-corrected chi connectivity index (χ4v) is 6.48. The fraction of sp³-hybridized carbons (Fsp3) is 0.538. The van der Waals surface area contributed by atoms with Crippen molar-refractivity contribution in [2.45, 2.75) is 36.2 Å². The minimum Gasteiger partial charge on any atom is -0.229 e. The van der Waals surface area contributed by atoms with E-state index in [4.69, 9.17) is 0 Å². The van der Waals surface area contributed by atoms with E-state index in [1.165, 1.54) is 22.5 Å². The van der Waals surface area contributed by atoms with Crippen molar-refractivity contribution in [1.29, 1.82) is 0 Å². The van der Waals surface area contributed by atoms with Crippen molar-refractivity contribution >= 4 is 19.9 Å². The number of hydrogen-bond acceptors (Lipinski definition) is 4. The third-order valence-corrected chi connectivity index (χ3v) is 7.60. The molecule has 0 amide bonds. The topological polar surface area (TPSA) is 71.5 Å². The van der Waals surface area contributed by atoms with Gasteiger partial charge in [0.25, 0.3) is 0 Å². The van der Waals surface area contributed by atoms with Crippen LogP contribution in [0, 0.1) is 5.82 Å². The lowest BCUT2D eigenvalue weighted by Gasteiger charge is -2.27. The van der Waals surface area contributed by atoms with Crippen LogP contribution in [0.25, 0.3) is 0 Å². The van der Waals surface area contributed by atoms with Crippen LogP contribution in [-0.2, 0) is 19.9 Å². The van der Waals surface area contributed by atoms with Crippen LogP contribution >= 0.6 is 0 Å². The van der Waals surface area contributed by atoms with Gasteiger partial charge in [0.15, 0.2) is 9.84 Å². The van der Waals surface area contributed by atoms with Gasteiger partial charge in [-0.15, -0.1) is 0 Å². The second-order valence-electron chi connectivity index (χ2n) is 5.58. The molecule has 0 bridgehead atoms. The van der Waals surface area contributed by atoms with Gasteiger partial charge in [0.05, 0.1) is 16.4 Å². The zero-order valence-corrected chi connectivity index (χ0v) is 12.9. The predicted octanol–water partition coefficient (Wildman–Crippen LogP) is 1.17. The standard InChI is InChI=1S/C13H16FNO4S2/c14-10-2-1-3-13(8-10)21(18,19)15(11-4-5-11)12-6-7-20(16,17)9-12/h1-3,8,11-12H,4-7,9H2/t12-/m0/s1.